The minimum Gasteiger partial charge on any atom is -0.456 e. The Morgan fingerprint density at radius 1 is 0.500 bits per heavy atom. The predicted octanol–water partition coefficient (Wildman–Crippen LogP) is 0.756. The molecule has 2 aliphatic heterocycles. The minimum atomic E-state index is -1.08. The lowest BCUT2D eigenvalue weighted by Crippen LogP contribution is -2.56. The van der Waals surface area contributed by atoms with E-state index in [1.807, 2.05) is 0 Å². The van der Waals surface area contributed by atoms with Crippen molar-refractivity contribution >= 4 is 59.3 Å². The van der Waals surface area contributed by atoms with Crippen molar-refractivity contribution in [1.29, 1.82) is 0 Å². The first kappa shape index (κ1) is 33.6. The van der Waals surface area contributed by atoms with Crippen LogP contribution in [0.4, 0.5) is 0 Å². The molecule has 0 N–H and O–H groups in total. The SMILES string of the molecule is CC(=O)O[C@H]1[C@H](OC(C)=O)[C@H](OC(C)=O)CO[C@@H]1SCCS[C@H]1OC[C@@H](OC(C)=O)[C@@H](OC(C)=O)[C@@H]1OC(C)=O. The van der Waals surface area contributed by atoms with Gasteiger partial charge in [-0.15, -0.1) is 23.5 Å². The van der Waals surface area contributed by atoms with Gasteiger partial charge in [-0.2, -0.15) is 0 Å². The van der Waals surface area contributed by atoms with E-state index in [1.54, 1.807) is 0 Å². The summed E-state index contributed by atoms with van der Waals surface area (Å²) in [5.74, 6) is -3.03. The van der Waals surface area contributed by atoms with Crippen LogP contribution in [0.2, 0.25) is 0 Å². The van der Waals surface area contributed by atoms with Crippen LogP contribution in [-0.2, 0) is 66.7 Å². The minimum absolute atomic E-state index is 0.0953. The van der Waals surface area contributed by atoms with Crippen molar-refractivity contribution in [3.05, 3.63) is 0 Å². The highest BCUT2D eigenvalue weighted by atomic mass is 32.2. The third-order valence-electron chi connectivity index (χ3n) is 5.26. The number of hydrogen-bond donors (Lipinski definition) is 0. The lowest BCUT2D eigenvalue weighted by atomic mass is 10.1. The molecule has 40 heavy (non-hydrogen) atoms. The Hall–Kier alpha value is -2.56. The third-order valence-corrected chi connectivity index (χ3v) is 7.86. The van der Waals surface area contributed by atoms with Gasteiger partial charge in [-0.1, -0.05) is 0 Å². The zero-order valence-electron chi connectivity index (χ0n) is 23.0. The number of carbonyl (C=O) groups is 6. The van der Waals surface area contributed by atoms with Gasteiger partial charge in [-0.05, 0) is 0 Å². The molecule has 16 heteroatoms. The molecule has 226 valence electrons. The number of carbonyl (C=O) groups excluding carboxylic acids is 6. The Labute approximate surface area is 239 Å². The maximum Gasteiger partial charge on any atom is 0.303 e. The number of thioether (sulfide) groups is 2. The Bertz CT molecular complexity index is 869. The fourth-order valence-corrected chi connectivity index (χ4v) is 6.42. The van der Waals surface area contributed by atoms with E-state index in [0.29, 0.717) is 11.5 Å². The normalized spacial score (nSPS) is 29.9. The van der Waals surface area contributed by atoms with Crippen molar-refractivity contribution in [2.24, 2.45) is 0 Å². The molecule has 2 aliphatic rings. The lowest BCUT2D eigenvalue weighted by molar-refractivity contribution is -0.213. The molecule has 8 atom stereocenters. The second kappa shape index (κ2) is 16.0. The van der Waals surface area contributed by atoms with E-state index in [-0.39, 0.29) is 13.2 Å². The van der Waals surface area contributed by atoms with Crippen molar-refractivity contribution in [3.8, 4) is 0 Å². The first-order chi connectivity index (χ1) is 18.8. The Morgan fingerprint density at radius 2 is 0.775 bits per heavy atom. The molecule has 0 amide bonds. The summed E-state index contributed by atoms with van der Waals surface area (Å²) >= 11 is 2.51. The Kier molecular flexibility index (Phi) is 13.5. The van der Waals surface area contributed by atoms with Crippen molar-refractivity contribution < 1.29 is 66.7 Å². The first-order valence-corrected chi connectivity index (χ1v) is 14.4. The third kappa shape index (κ3) is 10.8. The van der Waals surface area contributed by atoms with Crippen molar-refractivity contribution in [2.75, 3.05) is 24.7 Å². The summed E-state index contributed by atoms with van der Waals surface area (Å²) < 4.78 is 43.5. The summed E-state index contributed by atoms with van der Waals surface area (Å²) in [4.78, 5) is 70.2. The van der Waals surface area contributed by atoms with Gasteiger partial charge in [0.25, 0.3) is 0 Å². The molecule has 0 unspecified atom stereocenters. The molecule has 0 saturated carbocycles. The molecule has 2 fully saturated rings. The molecule has 0 aliphatic carbocycles. The molecule has 0 bridgehead atoms. The average Bonchev–Trinajstić information content (AvgIpc) is 2.81. The van der Waals surface area contributed by atoms with E-state index in [1.165, 1.54) is 65.1 Å². The smallest absolute Gasteiger partial charge is 0.303 e. The second-order valence-corrected chi connectivity index (χ2v) is 11.1. The van der Waals surface area contributed by atoms with Gasteiger partial charge in [0.05, 0.1) is 13.2 Å². The van der Waals surface area contributed by atoms with Gasteiger partial charge < -0.3 is 37.9 Å². The van der Waals surface area contributed by atoms with Crippen LogP contribution in [-0.4, -0.2) is 108 Å². The highest BCUT2D eigenvalue weighted by molar-refractivity contribution is 8.03. The zero-order chi connectivity index (χ0) is 30.0. The highest BCUT2D eigenvalue weighted by Crippen LogP contribution is 2.34. The van der Waals surface area contributed by atoms with E-state index in [0.717, 1.165) is 0 Å². The number of ether oxygens (including phenoxy) is 8. The van der Waals surface area contributed by atoms with Crippen LogP contribution in [0.15, 0.2) is 0 Å². The summed E-state index contributed by atoms with van der Waals surface area (Å²) in [6, 6.07) is 0. The molecular weight excluding hydrogens is 576 g/mol. The highest BCUT2D eigenvalue weighted by Gasteiger charge is 2.48. The van der Waals surface area contributed by atoms with E-state index >= 15 is 0 Å². The second-order valence-electron chi connectivity index (χ2n) is 8.74. The van der Waals surface area contributed by atoms with Gasteiger partial charge in [0.1, 0.15) is 10.9 Å². The number of esters is 6. The van der Waals surface area contributed by atoms with Gasteiger partial charge in [0.15, 0.2) is 36.6 Å². The predicted molar refractivity (Wildman–Crippen MR) is 138 cm³/mol. The molecule has 2 saturated heterocycles. The molecule has 0 aromatic rings. The van der Waals surface area contributed by atoms with Crippen LogP contribution in [0.3, 0.4) is 0 Å². The molecule has 0 aromatic carbocycles. The lowest BCUT2D eigenvalue weighted by Gasteiger charge is -2.41. The van der Waals surface area contributed by atoms with E-state index in [4.69, 9.17) is 37.9 Å². The molecule has 2 heterocycles. The van der Waals surface area contributed by atoms with E-state index in [9.17, 15) is 28.8 Å². The number of rotatable bonds is 11. The molecular formula is C24H34O14S2. The van der Waals surface area contributed by atoms with Gasteiger partial charge in [-0.3, -0.25) is 28.8 Å². The standard InChI is InChI=1S/C24H34O14S2/c1-11(25)33-17-9-31-23(21(37-15(5)29)19(17)35-13(3)27)39-7-8-40-24-22(38-16(6)30)20(36-14(4)28)18(10-32-24)34-12(2)26/h17-24H,7-10H2,1-6H3/t17-,18-,19-,20-,21+,22+,23-,24-/m1/s1. The van der Waals surface area contributed by atoms with Crippen molar-refractivity contribution in [2.45, 2.75) is 89.0 Å². The van der Waals surface area contributed by atoms with Crippen LogP contribution in [0.25, 0.3) is 0 Å². The summed E-state index contributed by atoms with van der Waals surface area (Å²) in [7, 11) is 0. The molecule has 0 spiro atoms. The monoisotopic (exact) mass is 610 g/mol. The van der Waals surface area contributed by atoms with Crippen LogP contribution < -0.4 is 0 Å². The topological polar surface area (TPSA) is 176 Å². The summed E-state index contributed by atoms with van der Waals surface area (Å²) in [6.45, 7) is 6.95. The fraction of sp³-hybridized carbons (Fsp3) is 0.750. The van der Waals surface area contributed by atoms with Crippen LogP contribution in [0, 0.1) is 0 Å². The molecule has 14 nitrogen and oxygen atoms in total. The van der Waals surface area contributed by atoms with E-state index in [2.05, 4.69) is 0 Å². The van der Waals surface area contributed by atoms with Gasteiger partial charge in [0.2, 0.25) is 0 Å². The van der Waals surface area contributed by atoms with Gasteiger partial charge >= 0.3 is 35.8 Å². The van der Waals surface area contributed by atoms with Crippen LogP contribution in [0.5, 0.6) is 0 Å². The first-order valence-electron chi connectivity index (χ1n) is 12.3. The van der Waals surface area contributed by atoms with Crippen LogP contribution in [0.1, 0.15) is 41.5 Å². The maximum atomic E-state index is 11.8. The summed E-state index contributed by atoms with van der Waals surface area (Å²) in [5.41, 5.74) is -1.53. The summed E-state index contributed by atoms with van der Waals surface area (Å²) in [5, 5.41) is 0. The van der Waals surface area contributed by atoms with Crippen molar-refractivity contribution in [1.82, 2.24) is 0 Å². The largest absolute Gasteiger partial charge is 0.456 e. The van der Waals surface area contributed by atoms with Gasteiger partial charge in [-0.25, -0.2) is 0 Å². The molecule has 0 radical (unpaired) electrons. The Balaban J connectivity index is 2.09. The fourth-order valence-electron chi connectivity index (χ4n) is 4.03. The van der Waals surface area contributed by atoms with Crippen LogP contribution >= 0.6 is 23.5 Å². The van der Waals surface area contributed by atoms with Gasteiger partial charge in [0, 0.05) is 53.0 Å². The average molecular weight is 611 g/mol. The molecule has 2 rings (SSSR count). The number of hydrogen-bond acceptors (Lipinski definition) is 16. The van der Waals surface area contributed by atoms with E-state index < -0.39 is 83.3 Å². The zero-order valence-corrected chi connectivity index (χ0v) is 24.6. The maximum absolute atomic E-state index is 11.8. The Morgan fingerprint density at radius 3 is 1.05 bits per heavy atom. The summed E-state index contributed by atoms with van der Waals surface area (Å²) in [6.07, 6.45) is -6.23. The van der Waals surface area contributed by atoms with Crippen molar-refractivity contribution in [3.63, 3.8) is 0 Å². The molecule has 0 aromatic heterocycles. The quantitative estimate of drug-likeness (QED) is 0.182.